The molecule has 0 radical (unpaired) electrons. The van der Waals surface area contributed by atoms with E-state index in [4.69, 9.17) is 4.74 Å². The van der Waals surface area contributed by atoms with Gasteiger partial charge in [0.25, 0.3) is 0 Å². The molecule has 17 heavy (non-hydrogen) atoms. The van der Waals surface area contributed by atoms with Crippen LogP contribution >= 0.6 is 0 Å². The Morgan fingerprint density at radius 2 is 1.94 bits per heavy atom. The molecule has 0 aliphatic heterocycles. The van der Waals surface area contributed by atoms with Gasteiger partial charge in [0.15, 0.2) is 11.6 Å². The lowest BCUT2D eigenvalue weighted by Crippen LogP contribution is -2.21. The predicted molar refractivity (Wildman–Crippen MR) is 60.1 cm³/mol. The zero-order valence-corrected chi connectivity index (χ0v) is 10.2. The Morgan fingerprint density at radius 1 is 1.35 bits per heavy atom. The molecule has 1 atom stereocenters. The molecule has 1 fully saturated rings. The van der Waals surface area contributed by atoms with Crippen molar-refractivity contribution in [2.45, 2.75) is 25.7 Å². The summed E-state index contributed by atoms with van der Waals surface area (Å²) in [6.45, 7) is 3.88. The van der Waals surface area contributed by atoms with Crippen LogP contribution in [-0.2, 0) is 5.41 Å². The lowest BCUT2D eigenvalue weighted by molar-refractivity contribution is 0.226. The molecule has 0 bridgehead atoms. The predicted octanol–water partition coefficient (Wildman–Crippen LogP) is 2.63. The Bertz CT molecular complexity index is 457. The van der Waals surface area contributed by atoms with Gasteiger partial charge in [0, 0.05) is 11.0 Å². The highest BCUT2D eigenvalue weighted by Crippen LogP contribution is 2.65. The summed E-state index contributed by atoms with van der Waals surface area (Å²) < 4.78 is 31.7. The Kier molecular flexibility index (Phi) is 2.65. The summed E-state index contributed by atoms with van der Waals surface area (Å²) in [4.78, 5) is 0. The number of benzene rings is 1. The smallest absolute Gasteiger partial charge is 0.200 e. The molecule has 94 valence electrons. The first-order chi connectivity index (χ1) is 7.89. The Balaban J connectivity index is 2.58. The average Bonchev–Trinajstić information content (AvgIpc) is 2.86. The number of hydrogen-bond donors (Lipinski definition) is 1. The van der Waals surface area contributed by atoms with Gasteiger partial charge in [0.2, 0.25) is 5.82 Å². The van der Waals surface area contributed by atoms with Crippen molar-refractivity contribution in [3.05, 3.63) is 29.3 Å². The van der Waals surface area contributed by atoms with Gasteiger partial charge in [-0.05, 0) is 17.9 Å². The van der Waals surface area contributed by atoms with Gasteiger partial charge in [-0.15, -0.1) is 0 Å². The van der Waals surface area contributed by atoms with E-state index in [2.05, 4.69) is 0 Å². The van der Waals surface area contributed by atoms with Crippen LogP contribution in [0.15, 0.2) is 12.1 Å². The van der Waals surface area contributed by atoms with Gasteiger partial charge in [-0.2, -0.15) is 4.39 Å². The third-order valence-corrected chi connectivity index (χ3v) is 3.95. The maximum absolute atomic E-state index is 13.6. The Hall–Kier alpha value is -1.16. The summed E-state index contributed by atoms with van der Waals surface area (Å²) in [5, 5.41) is 9.55. The lowest BCUT2D eigenvalue weighted by atomic mass is 9.88. The zero-order chi connectivity index (χ0) is 12.8. The molecule has 0 aromatic heterocycles. The molecular weight excluding hydrogens is 226 g/mol. The summed E-state index contributed by atoms with van der Waals surface area (Å²) in [7, 11) is 1.31. The van der Waals surface area contributed by atoms with E-state index in [0.29, 0.717) is 5.56 Å². The molecule has 1 saturated carbocycles. The minimum absolute atomic E-state index is 0.0929. The SMILES string of the molecule is COc1c(C2(CO)CC2(C)C)ccc(F)c1F. The molecule has 1 aliphatic carbocycles. The first-order valence-electron chi connectivity index (χ1n) is 5.53. The highest BCUT2D eigenvalue weighted by Gasteiger charge is 2.63. The fourth-order valence-electron chi connectivity index (χ4n) is 2.63. The van der Waals surface area contributed by atoms with Crippen LogP contribution in [0.2, 0.25) is 0 Å². The number of methoxy groups -OCH3 is 1. The molecular formula is C13H16F2O2. The Labute approximate surface area is 99.2 Å². The van der Waals surface area contributed by atoms with Crippen molar-refractivity contribution >= 4 is 0 Å². The summed E-state index contributed by atoms with van der Waals surface area (Å²) >= 11 is 0. The van der Waals surface area contributed by atoms with Crippen molar-refractivity contribution in [3.8, 4) is 5.75 Å². The standard InChI is InChI=1S/C13H16F2O2/c1-12(2)6-13(12,7-16)8-4-5-9(14)10(15)11(8)17-3/h4-5,16H,6-7H2,1-3H3. The van der Waals surface area contributed by atoms with Gasteiger partial charge in [-0.1, -0.05) is 19.9 Å². The van der Waals surface area contributed by atoms with Crippen molar-refractivity contribution in [3.63, 3.8) is 0 Å². The molecule has 0 heterocycles. The van der Waals surface area contributed by atoms with Crippen LogP contribution in [0.25, 0.3) is 0 Å². The van der Waals surface area contributed by atoms with Crippen molar-refractivity contribution in [1.29, 1.82) is 0 Å². The third-order valence-electron chi connectivity index (χ3n) is 3.95. The Morgan fingerprint density at radius 3 is 2.35 bits per heavy atom. The molecule has 0 spiro atoms. The summed E-state index contributed by atoms with van der Waals surface area (Å²) in [6, 6.07) is 2.58. The van der Waals surface area contributed by atoms with Gasteiger partial charge in [-0.3, -0.25) is 0 Å². The van der Waals surface area contributed by atoms with Crippen molar-refractivity contribution in [1.82, 2.24) is 0 Å². The molecule has 4 heteroatoms. The summed E-state index contributed by atoms with van der Waals surface area (Å²) in [6.07, 6.45) is 0.734. The van der Waals surface area contributed by atoms with Crippen LogP contribution in [0.4, 0.5) is 8.78 Å². The largest absolute Gasteiger partial charge is 0.493 e. The van der Waals surface area contributed by atoms with E-state index >= 15 is 0 Å². The van der Waals surface area contributed by atoms with E-state index in [9.17, 15) is 13.9 Å². The number of halogens is 2. The maximum Gasteiger partial charge on any atom is 0.200 e. The molecule has 0 amide bonds. The summed E-state index contributed by atoms with van der Waals surface area (Å²) in [5.41, 5.74) is -0.0991. The van der Waals surface area contributed by atoms with E-state index < -0.39 is 17.0 Å². The number of hydrogen-bond acceptors (Lipinski definition) is 2. The molecule has 1 N–H and O–H groups in total. The van der Waals surface area contributed by atoms with Crippen molar-refractivity contribution in [2.24, 2.45) is 5.41 Å². The maximum atomic E-state index is 13.6. The molecule has 2 rings (SSSR count). The fourth-order valence-corrected chi connectivity index (χ4v) is 2.63. The number of rotatable bonds is 3. The minimum Gasteiger partial charge on any atom is -0.493 e. The highest BCUT2D eigenvalue weighted by molar-refractivity contribution is 5.47. The first kappa shape index (κ1) is 12.3. The fraction of sp³-hybridized carbons (Fsp3) is 0.538. The normalized spacial score (nSPS) is 25.8. The minimum atomic E-state index is -0.986. The molecule has 1 aliphatic rings. The first-order valence-corrected chi connectivity index (χ1v) is 5.53. The molecule has 1 aromatic rings. The van der Waals surface area contributed by atoms with Crippen LogP contribution in [0, 0.1) is 17.0 Å². The average molecular weight is 242 g/mol. The quantitative estimate of drug-likeness (QED) is 0.883. The molecule has 1 unspecified atom stereocenters. The topological polar surface area (TPSA) is 29.5 Å². The van der Waals surface area contributed by atoms with Crippen molar-refractivity contribution < 1.29 is 18.6 Å². The van der Waals surface area contributed by atoms with Crippen LogP contribution < -0.4 is 4.74 Å². The van der Waals surface area contributed by atoms with Crippen LogP contribution in [0.5, 0.6) is 5.75 Å². The van der Waals surface area contributed by atoms with Crippen molar-refractivity contribution in [2.75, 3.05) is 13.7 Å². The number of aliphatic hydroxyl groups excluding tert-OH is 1. The number of aliphatic hydroxyl groups is 1. The van der Waals surface area contributed by atoms with Crippen LogP contribution in [-0.4, -0.2) is 18.8 Å². The van der Waals surface area contributed by atoms with E-state index in [0.717, 1.165) is 12.5 Å². The number of ether oxygens (including phenoxy) is 1. The molecule has 2 nitrogen and oxygen atoms in total. The summed E-state index contributed by atoms with van der Waals surface area (Å²) in [5.74, 6) is -2.01. The van der Waals surface area contributed by atoms with Crippen LogP contribution in [0.1, 0.15) is 25.8 Å². The lowest BCUT2D eigenvalue weighted by Gasteiger charge is -2.21. The van der Waals surface area contributed by atoms with E-state index in [-0.39, 0.29) is 17.8 Å². The highest BCUT2D eigenvalue weighted by atomic mass is 19.2. The monoisotopic (exact) mass is 242 g/mol. The van der Waals surface area contributed by atoms with Gasteiger partial charge in [0.1, 0.15) is 0 Å². The second-order valence-electron chi connectivity index (χ2n) is 5.24. The van der Waals surface area contributed by atoms with Gasteiger partial charge >= 0.3 is 0 Å². The van der Waals surface area contributed by atoms with Gasteiger partial charge < -0.3 is 9.84 Å². The van der Waals surface area contributed by atoms with Gasteiger partial charge in [-0.25, -0.2) is 4.39 Å². The molecule has 0 saturated heterocycles. The second kappa shape index (κ2) is 3.67. The zero-order valence-electron chi connectivity index (χ0n) is 10.2. The van der Waals surface area contributed by atoms with E-state index in [1.54, 1.807) is 0 Å². The van der Waals surface area contributed by atoms with E-state index in [1.807, 2.05) is 13.8 Å². The van der Waals surface area contributed by atoms with Gasteiger partial charge in [0.05, 0.1) is 13.7 Å². The third kappa shape index (κ3) is 1.54. The molecule has 1 aromatic carbocycles. The van der Waals surface area contributed by atoms with Crippen LogP contribution in [0.3, 0.4) is 0 Å². The second-order valence-corrected chi connectivity index (χ2v) is 5.24. The van der Waals surface area contributed by atoms with E-state index in [1.165, 1.54) is 13.2 Å².